The first-order valence-electron chi connectivity index (χ1n) is 5.90. The first-order valence-corrected chi connectivity index (χ1v) is 5.90. The fourth-order valence-electron chi connectivity index (χ4n) is 1.50. The summed E-state index contributed by atoms with van der Waals surface area (Å²) in [6, 6.07) is 3.59. The lowest BCUT2D eigenvalue weighted by atomic mass is 10.4. The third kappa shape index (κ3) is 4.87. The van der Waals surface area contributed by atoms with Gasteiger partial charge in [0.05, 0.1) is 26.4 Å². The van der Waals surface area contributed by atoms with Crippen LogP contribution in [0.2, 0.25) is 0 Å². The Bertz CT molecular complexity index is 352. The molecule has 0 unspecified atom stereocenters. The molecule has 1 heterocycles. The van der Waals surface area contributed by atoms with Crippen LogP contribution in [-0.4, -0.2) is 55.7 Å². The highest BCUT2D eigenvalue weighted by molar-refractivity contribution is 5.92. The van der Waals surface area contributed by atoms with Crippen LogP contribution in [0, 0.1) is 0 Å². The highest BCUT2D eigenvalue weighted by atomic mass is 16.5. The monoisotopic (exact) mass is 256 g/mol. The van der Waals surface area contributed by atoms with Gasteiger partial charge in [-0.1, -0.05) is 0 Å². The molecular weight excluding hydrogens is 236 g/mol. The van der Waals surface area contributed by atoms with E-state index in [2.05, 4.69) is 5.32 Å². The van der Waals surface area contributed by atoms with Crippen molar-refractivity contribution in [2.75, 3.05) is 40.1 Å². The van der Waals surface area contributed by atoms with E-state index in [4.69, 9.17) is 14.6 Å². The maximum Gasteiger partial charge on any atom is 0.267 e. The third-order valence-corrected chi connectivity index (χ3v) is 2.37. The first-order chi connectivity index (χ1) is 8.79. The van der Waals surface area contributed by atoms with E-state index in [9.17, 15) is 4.79 Å². The van der Waals surface area contributed by atoms with Crippen molar-refractivity contribution in [2.24, 2.45) is 0 Å². The van der Waals surface area contributed by atoms with Gasteiger partial charge in [-0.3, -0.25) is 4.79 Å². The number of hydrogen-bond acceptors (Lipinski definition) is 4. The van der Waals surface area contributed by atoms with Crippen molar-refractivity contribution in [3.63, 3.8) is 0 Å². The smallest absolute Gasteiger partial charge is 0.267 e. The molecule has 1 aromatic heterocycles. The van der Waals surface area contributed by atoms with Gasteiger partial charge >= 0.3 is 0 Å². The van der Waals surface area contributed by atoms with E-state index < -0.39 is 0 Å². The summed E-state index contributed by atoms with van der Waals surface area (Å²) in [6.45, 7) is 2.31. The molecule has 0 saturated carbocycles. The molecule has 0 aromatic carbocycles. The zero-order valence-corrected chi connectivity index (χ0v) is 10.6. The lowest BCUT2D eigenvalue weighted by Gasteiger charge is -2.09. The van der Waals surface area contributed by atoms with Gasteiger partial charge in [-0.2, -0.15) is 0 Å². The van der Waals surface area contributed by atoms with Crippen LogP contribution in [-0.2, 0) is 16.0 Å². The first kappa shape index (κ1) is 14.7. The number of nitrogens with zero attached hydrogens (tertiary/aromatic N) is 1. The van der Waals surface area contributed by atoms with Gasteiger partial charge in [-0.15, -0.1) is 0 Å². The highest BCUT2D eigenvalue weighted by Gasteiger charge is 2.09. The summed E-state index contributed by atoms with van der Waals surface area (Å²) in [5.74, 6) is -0.135. The van der Waals surface area contributed by atoms with Crippen LogP contribution in [0.4, 0.5) is 0 Å². The molecule has 6 nitrogen and oxygen atoms in total. The summed E-state index contributed by atoms with van der Waals surface area (Å²) in [5, 5.41) is 11.3. The molecule has 1 aromatic rings. The van der Waals surface area contributed by atoms with Crippen molar-refractivity contribution < 1.29 is 19.4 Å². The van der Waals surface area contributed by atoms with Gasteiger partial charge in [0.15, 0.2) is 0 Å². The number of rotatable bonds is 9. The van der Waals surface area contributed by atoms with E-state index >= 15 is 0 Å². The minimum atomic E-state index is -0.135. The molecule has 0 atom stereocenters. The quantitative estimate of drug-likeness (QED) is 0.604. The van der Waals surface area contributed by atoms with Crippen LogP contribution in [0.1, 0.15) is 10.5 Å². The fourth-order valence-corrected chi connectivity index (χ4v) is 1.50. The van der Waals surface area contributed by atoms with Gasteiger partial charge < -0.3 is 24.5 Å². The van der Waals surface area contributed by atoms with Crippen LogP contribution in [0.25, 0.3) is 0 Å². The Balaban J connectivity index is 2.34. The second-order valence-corrected chi connectivity index (χ2v) is 3.67. The Morgan fingerprint density at radius 1 is 1.44 bits per heavy atom. The number of hydrogen-bond donors (Lipinski definition) is 2. The van der Waals surface area contributed by atoms with Crippen molar-refractivity contribution in [3.05, 3.63) is 24.0 Å². The molecule has 0 saturated heterocycles. The van der Waals surface area contributed by atoms with Crippen LogP contribution in [0.15, 0.2) is 18.3 Å². The van der Waals surface area contributed by atoms with E-state index in [1.165, 1.54) is 0 Å². The average Bonchev–Trinajstić information content (AvgIpc) is 2.84. The molecule has 0 aliphatic rings. The van der Waals surface area contributed by atoms with Crippen molar-refractivity contribution in [1.29, 1.82) is 0 Å². The van der Waals surface area contributed by atoms with Crippen LogP contribution >= 0.6 is 0 Å². The second-order valence-electron chi connectivity index (χ2n) is 3.67. The van der Waals surface area contributed by atoms with E-state index in [0.717, 1.165) is 0 Å². The van der Waals surface area contributed by atoms with Gasteiger partial charge in [0.25, 0.3) is 5.91 Å². The van der Waals surface area contributed by atoms with E-state index in [-0.39, 0.29) is 12.5 Å². The predicted octanol–water partition coefficient (Wildman–Crippen LogP) is -0.127. The molecule has 0 bridgehead atoms. The lowest BCUT2D eigenvalue weighted by Crippen LogP contribution is -2.29. The maximum absolute atomic E-state index is 11.8. The Morgan fingerprint density at radius 2 is 2.28 bits per heavy atom. The normalized spacial score (nSPS) is 10.6. The topological polar surface area (TPSA) is 72.7 Å². The lowest BCUT2D eigenvalue weighted by molar-refractivity contribution is 0.0831. The summed E-state index contributed by atoms with van der Waals surface area (Å²) >= 11 is 0. The predicted molar refractivity (Wildman–Crippen MR) is 66.5 cm³/mol. The largest absolute Gasteiger partial charge is 0.394 e. The molecule has 18 heavy (non-hydrogen) atoms. The van der Waals surface area contributed by atoms with Gasteiger partial charge in [-0.05, 0) is 12.1 Å². The summed E-state index contributed by atoms with van der Waals surface area (Å²) in [5.41, 5.74) is 0.606. The Hall–Kier alpha value is -1.37. The molecular formula is C12H20N2O4. The third-order valence-electron chi connectivity index (χ3n) is 2.37. The van der Waals surface area contributed by atoms with Gasteiger partial charge in [0, 0.05) is 26.4 Å². The minimum absolute atomic E-state index is 0.00614. The molecule has 6 heteroatoms. The fraction of sp³-hybridized carbons (Fsp3) is 0.583. The zero-order chi connectivity index (χ0) is 13.2. The number of carbonyl (C=O) groups excluding carboxylic acids is 1. The Labute approximate surface area is 107 Å². The minimum Gasteiger partial charge on any atom is -0.394 e. The number of amides is 1. The Morgan fingerprint density at radius 3 is 3.00 bits per heavy atom. The van der Waals surface area contributed by atoms with Crippen molar-refractivity contribution in [1.82, 2.24) is 9.88 Å². The maximum atomic E-state index is 11.8. The number of ether oxygens (including phenoxy) is 2. The number of aliphatic hydroxyl groups excluding tert-OH is 1. The number of carbonyl (C=O) groups is 1. The van der Waals surface area contributed by atoms with E-state index in [1.54, 1.807) is 13.2 Å². The zero-order valence-electron chi connectivity index (χ0n) is 10.6. The van der Waals surface area contributed by atoms with Crippen LogP contribution in [0.3, 0.4) is 0 Å². The highest BCUT2D eigenvalue weighted by Crippen LogP contribution is 2.02. The van der Waals surface area contributed by atoms with Crippen LogP contribution < -0.4 is 5.32 Å². The molecule has 0 fully saturated rings. The number of methoxy groups -OCH3 is 1. The SMILES string of the molecule is COCCn1cccc1C(=O)NCCOCCO. The van der Waals surface area contributed by atoms with Gasteiger partial charge in [0.2, 0.25) is 0 Å². The number of aromatic nitrogens is 1. The molecule has 102 valence electrons. The summed E-state index contributed by atoms with van der Waals surface area (Å²) in [4.78, 5) is 11.8. The Kier molecular flexibility index (Phi) is 7.09. The van der Waals surface area contributed by atoms with Crippen molar-refractivity contribution in [3.8, 4) is 0 Å². The van der Waals surface area contributed by atoms with Gasteiger partial charge in [0.1, 0.15) is 5.69 Å². The molecule has 0 aliphatic carbocycles. The molecule has 0 radical (unpaired) electrons. The molecule has 0 aliphatic heterocycles. The van der Waals surface area contributed by atoms with Crippen molar-refractivity contribution >= 4 is 5.91 Å². The molecule has 0 spiro atoms. The number of nitrogens with one attached hydrogen (secondary N) is 1. The number of aliphatic hydroxyl groups is 1. The molecule has 1 amide bonds. The summed E-state index contributed by atoms with van der Waals surface area (Å²) < 4.78 is 11.9. The molecule has 1 rings (SSSR count). The molecule has 2 N–H and O–H groups in total. The summed E-state index contributed by atoms with van der Waals surface area (Å²) in [7, 11) is 1.63. The van der Waals surface area contributed by atoms with E-state index in [1.807, 2.05) is 16.8 Å². The summed E-state index contributed by atoms with van der Waals surface area (Å²) in [6.07, 6.45) is 1.84. The second kappa shape index (κ2) is 8.68. The van der Waals surface area contributed by atoms with Crippen LogP contribution in [0.5, 0.6) is 0 Å². The standard InChI is InChI=1S/C12H20N2O4/c1-17-9-6-14-5-2-3-11(14)12(16)13-4-8-18-10-7-15/h2-3,5,15H,4,6-10H2,1H3,(H,13,16). The van der Waals surface area contributed by atoms with Crippen molar-refractivity contribution in [2.45, 2.75) is 6.54 Å². The van der Waals surface area contributed by atoms with Gasteiger partial charge in [-0.25, -0.2) is 0 Å². The average molecular weight is 256 g/mol. The van der Waals surface area contributed by atoms with E-state index in [0.29, 0.717) is 38.6 Å².